The number of hydrogen-bond donors (Lipinski definition) is 1. The molecule has 0 aromatic heterocycles. The Balaban J connectivity index is 2.58. The Labute approximate surface area is 109 Å². The molecular formula is C12H8Cl3N. The predicted molar refractivity (Wildman–Crippen MR) is 71.3 cm³/mol. The van der Waals surface area contributed by atoms with Gasteiger partial charge in [0.25, 0.3) is 0 Å². The SMILES string of the molecule is Nc1cc(-c2cc(Cl)ccc2Cl)ccc1Cl. The highest BCUT2D eigenvalue weighted by Gasteiger charge is 2.06. The van der Waals surface area contributed by atoms with Gasteiger partial charge < -0.3 is 5.73 Å². The number of halogens is 3. The van der Waals surface area contributed by atoms with Crippen molar-refractivity contribution in [2.24, 2.45) is 0 Å². The molecule has 0 aliphatic rings. The van der Waals surface area contributed by atoms with Crippen LogP contribution in [0.3, 0.4) is 0 Å². The Hall–Kier alpha value is -0.890. The second kappa shape index (κ2) is 4.54. The van der Waals surface area contributed by atoms with Crippen molar-refractivity contribution in [3.05, 3.63) is 51.5 Å². The Bertz CT molecular complexity index is 538. The van der Waals surface area contributed by atoms with Gasteiger partial charge in [-0.15, -0.1) is 0 Å². The van der Waals surface area contributed by atoms with Crippen LogP contribution in [0.25, 0.3) is 11.1 Å². The zero-order valence-corrected chi connectivity index (χ0v) is 10.4. The number of benzene rings is 2. The Kier molecular flexibility index (Phi) is 3.29. The van der Waals surface area contributed by atoms with Crippen LogP contribution < -0.4 is 5.73 Å². The van der Waals surface area contributed by atoms with E-state index >= 15 is 0 Å². The summed E-state index contributed by atoms with van der Waals surface area (Å²) in [5, 5.41) is 1.79. The van der Waals surface area contributed by atoms with Crippen molar-refractivity contribution >= 4 is 40.5 Å². The zero-order valence-electron chi connectivity index (χ0n) is 8.18. The van der Waals surface area contributed by atoms with Crippen LogP contribution in [0.5, 0.6) is 0 Å². The van der Waals surface area contributed by atoms with Crippen molar-refractivity contribution in [1.29, 1.82) is 0 Å². The molecule has 0 amide bonds. The van der Waals surface area contributed by atoms with Crippen LogP contribution in [0.4, 0.5) is 5.69 Å². The maximum atomic E-state index is 6.09. The monoisotopic (exact) mass is 271 g/mol. The van der Waals surface area contributed by atoms with Gasteiger partial charge in [0, 0.05) is 15.6 Å². The quantitative estimate of drug-likeness (QED) is 0.734. The van der Waals surface area contributed by atoms with Gasteiger partial charge in [0.15, 0.2) is 0 Å². The summed E-state index contributed by atoms with van der Waals surface area (Å²) >= 11 is 17.9. The summed E-state index contributed by atoms with van der Waals surface area (Å²) in [6.45, 7) is 0. The first-order valence-electron chi connectivity index (χ1n) is 4.58. The number of rotatable bonds is 1. The van der Waals surface area contributed by atoms with Gasteiger partial charge in [0.1, 0.15) is 0 Å². The maximum absolute atomic E-state index is 6.09. The topological polar surface area (TPSA) is 26.0 Å². The van der Waals surface area contributed by atoms with Crippen LogP contribution in [0.2, 0.25) is 15.1 Å². The Morgan fingerprint density at radius 1 is 0.812 bits per heavy atom. The smallest absolute Gasteiger partial charge is 0.0635 e. The van der Waals surface area contributed by atoms with E-state index < -0.39 is 0 Å². The minimum Gasteiger partial charge on any atom is -0.398 e. The molecule has 2 N–H and O–H groups in total. The summed E-state index contributed by atoms with van der Waals surface area (Å²) in [4.78, 5) is 0. The first-order chi connectivity index (χ1) is 7.58. The second-order valence-electron chi connectivity index (χ2n) is 3.36. The van der Waals surface area contributed by atoms with Crippen LogP contribution in [-0.4, -0.2) is 0 Å². The molecule has 4 heteroatoms. The lowest BCUT2D eigenvalue weighted by Gasteiger charge is -2.07. The van der Waals surface area contributed by atoms with E-state index in [4.69, 9.17) is 40.5 Å². The highest BCUT2D eigenvalue weighted by Crippen LogP contribution is 2.33. The lowest BCUT2D eigenvalue weighted by Crippen LogP contribution is -1.87. The van der Waals surface area contributed by atoms with Gasteiger partial charge >= 0.3 is 0 Å². The van der Waals surface area contributed by atoms with Crippen LogP contribution in [-0.2, 0) is 0 Å². The molecule has 0 aliphatic carbocycles. The van der Waals surface area contributed by atoms with E-state index in [1.807, 2.05) is 6.07 Å². The van der Waals surface area contributed by atoms with Crippen molar-refractivity contribution < 1.29 is 0 Å². The first-order valence-corrected chi connectivity index (χ1v) is 5.72. The van der Waals surface area contributed by atoms with Crippen LogP contribution >= 0.6 is 34.8 Å². The number of nitrogens with two attached hydrogens (primary N) is 1. The summed E-state index contributed by atoms with van der Waals surface area (Å²) in [6, 6.07) is 10.7. The van der Waals surface area contributed by atoms with Crippen LogP contribution in [0, 0.1) is 0 Å². The van der Waals surface area contributed by atoms with Crippen molar-refractivity contribution in [1.82, 2.24) is 0 Å². The molecule has 1 nitrogen and oxygen atoms in total. The minimum atomic E-state index is 0.523. The molecule has 2 rings (SSSR count). The highest BCUT2D eigenvalue weighted by molar-refractivity contribution is 6.35. The van der Waals surface area contributed by atoms with E-state index in [9.17, 15) is 0 Å². The number of nitrogen functional groups attached to an aromatic ring is 1. The fourth-order valence-corrected chi connectivity index (χ4v) is 1.95. The summed E-state index contributed by atoms with van der Waals surface area (Å²) in [5.74, 6) is 0. The second-order valence-corrected chi connectivity index (χ2v) is 4.61. The lowest BCUT2D eigenvalue weighted by molar-refractivity contribution is 1.61. The molecule has 2 aromatic carbocycles. The van der Waals surface area contributed by atoms with Crippen molar-refractivity contribution in [2.75, 3.05) is 5.73 Å². The largest absolute Gasteiger partial charge is 0.398 e. The Morgan fingerprint density at radius 3 is 2.19 bits per heavy atom. The molecule has 0 aliphatic heterocycles. The highest BCUT2D eigenvalue weighted by atomic mass is 35.5. The summed E-state index contributed by atoms with van der Waals surface area (Å²) in [6.07, 6.45) is 0. The molecule has 2 aromatic rings. The molecule has 0 bridgehead atoms. The number of anilines is 1. The molecule has 0 saturated carbocycles. The van der Waals surface area contributed by atoms with Gasteiger partial charge in [-0.2, -0.15) is 0 Å². The summed E-state index contributed by atoms with van der Waals surface area (Å²) in [7, 11) is 0. The molecule has 0 atom stereocenters. The molecule has 0 heterocycles. The van der Waals surface area contributed by atoms with E-state index in [1.54, 1.807) is 30.3 Å². The van der Waals surface area contributed by atoms with Gasteiger partial charge in [0.05, 0.1) is 10.7 Å². The van der Waals surface area contributed by atoms with E-state index in [0.29, 0.717) is 20.8 Å². The fourth-order valence-electron chi connectivity index (χ4n) is 1.43. The molecular weight excluding hydrogens is 264 g/mol. The van der Waals surface area contributed by atoms with Gasteiger partial charge in [-0.05, 0) is 35.9 Å². The maximum Gasteiger partial charge on any atom is 0.0635 e. The van der Waals surface area contributed by atoms with Gasteiger partial charge in [-0.1, -0.05) is 40.9 Å². The Morgan fingerprint density at radius 2 is 1.50 bits per heavy atom. The van der Waals surface area contributed by atoms with Crippen molar-refractivity contribution in [2.45, 2.75) is 0 Å². The third kappa shape index (κ3) is 2.27. The van der Waals surface area contributed by atoms with E-state index in [1.165, 1.54) is 0 Å². The standard InChI is InChI=1S/C12H8Cl3N/c13-8-2-4-10(14)9(6-8)7-1-3-11(15)12(16)5-7/h1-6H,16H2. The predicted octanol–water partition coefficient (Wildman–Crippen LogP) is 4.90. The average molecular weight is 273 g/mol. The molecule has 0 saturated heterocycles. The van der Waals surface area contributed by atoms with Gasteiger partial charge in [-0.3, -0.25) is 0 Å². The van der Waals surface area contributed by atoms with Crippen molar-refractivity contribution in [3.63, 3.8) is 0 Å². The minimum absolute atomic E-state index is 0.523. The van der Waals surface area contributed by atoms with Crippen LogP contribution in [0.1, 0.15) is 0 Å². The molecule has 0 radical (unpaired) electrons. The van der Waals surface area contributed by atoms with E-state index in [-0.39, 0.29) is 0 Å². The third-order valence-corrected chi connectivity index (χ3v) is 3.14. The van der Waals surface area contributed by atoms with Gasteiger partial charge in [-0.25, -0.2) is 0 Å². The van der Waals surface area contributed by atoms with E-state index in [0.717, 1.165) is 11.1 Å². The molecule has 16 heavy (non-hydrogen) atoms. The average Bonchev–Trinajstić information content (AvgIpc) is 2.26. The number of hydrogen-bond acceptors (Lipinski definition) is 1. The zero-order chi connectivity index (χ0) is 11.7. The van der Waals surface area contributed by atoms with Gasteiger partial charge in [0.2, 0.25) is 0 Å². The molecule has 0 unspecified atom stereocenters. The van der Waals surface area contributed by atoms with Crippen molar-refractivity contribution in [3.8, 4) is 11.1 Å². The molecule has 82 valence electrons. The molecule has 0 spiro atoms. The van der Waals surface area contributed by atoms with Crippen LogP contribution in [0.15, 0.2) is 36.4 Å². The fraction of sp³-hybridized carbons (Fsp3) is 0. The summed E-state index contributed by atoms with van der Waals surface area (Å²) in [5.41, 5.74) is 8.00. The van der Waals surface area contributed by atoms with E-state index in [2.05, 4.69) is 0 Å². The lowest BCUT2D eigenvalue weighted by atomic mass is 10.1. The normalized spacial score (nSPS) is 10.4. The third-order valence-electron chi connectivity index (χ3n) is 2.24. The summed E-state index contributed by atoms with van der Waals surface area (Å²) < 4.78 is 0. The molecule has 0 fully saturated rings. The first kappa shape index (κ1) is 11.6.